The van der Waals surface area contributed by atoms with Crippen molar-refractivity contribution >= 4 is 39.1 Å². The number of nitrogens with one attached hydrogen (secondary N) is 1. The molecule has 0 spiro atoms. The van der Waals surface area contributed by atoms with E-state index in [1.807, 2.05) is 25.3 Å². The molecule has 0 aromatic carbocycles. The van der Waals surface area contributed by atoms with Gasteiger partial charge in [-0.15, -0.1) is 11.3 Å². The van der Waals surface area contributed by atoms with Gasteiger partial charge in [0.15, 0.2) is 0 Å². The topological polar surface area (TPSA) is 49.4 Å². The predicted molar refractivity (Wildman–Crippen MR) is 83.4 cm³/mol. The van der Waals surface area contributed by atoms with Gasteiger partial charge in [0.2, 0.25) is 11.8 Å². The molecule has 0 radical (unpaired) electrons. The van der Waals surface area contributed by atoms with Gasteiger partial charge in [0.1, 0.15) is 12.1 Å². The van der Waals surface area contributed by atoms with Crippen molar-refractivity contribution in [3.05, 3.63) is 20.8 Å². The molecule has 3 atom stereocenters. The van der Waals surface area contributed by atoms with Gasteiger partial charge in [-0.25, -0.2) is 0 Å². The van der Waals surface area contributed by atoms with Crippen LogP contribution < -0.4 is 5.32 Å². The van der Waals surface area contributed by atoms with E-state index < -0.39 is 12.1 Å². The minimum absolute atomic E-state index is 0.0201. The molecule has 1 aliphatic heterocycles. The summed E-state index contributed by atoms with van der Waals surface area (Å²) < 4.78 is 0.994. The number of thiophene rings is 1. The molecular weight excluding hydrogens is 340 g/mol. The number of hydrogen-bond donors (Lipinski definition) is 1. The van der Waals surface area contributed by atoms with Crippen LogP contribution in [0, 0.1) is 5.92 Å². The summed E-state index contributed by atoms with van der Waals surface area (Å²) in [5, 5.41) is 4.83. The second-order valence-corrected chi connectivity index (χ2v) is 7.06. The molecule has 0 bridgehead atoms. The maximum absolute atomic E-state index is 12.6. The second kappa shape index (κ2) is 6.26. The lowest BCUT2D eigenvalue weighted by Gasteiger charge is -2.39. The molecular formula is C14H19BrN2O2S. The normalized spacial score (nSPS) is 24.7. The Balaban J connectivity index is 2.22. The number of carbonyl (C=O) groups excluding carboxylic acids is 2. The minimum atomic E-state index is -0.420. The van der Waals surface area contributed by atoms with Crippen molar-refractivity contribution in [2.75, 3.05) is 0 Å². The number of piperazine rings is 1. The van der Waals surface area contributed by atoms with Crippen molar-refractivity contribution in [1.82, 2.24) is 10.2 Å². The molecule has 1 N–H and O–H groups in total. The van der Waals surface area contributed by atoms with E-state index in [4.69, 9.17) is 0 Å². The fourth-order valence-electron chi connectivity index (χ4n) is 2.28. The zero-order valence-corrected chi connectivity index (χ0v) is 14.3. The fourth-order valence-corrected chi connectivity index (χ4v) is 3.75. The summed E-state index contributed by atoms with van der Waals surface area (Å²) in [5.41, 5.74) is 0. The number of carbonyl (C=O) groups is 2. The summed E-state index contributed by atoms with van der Waals surface area (Å²) in [6, 6.07) is 1.14. The molecule has 2 amide bonds. The standard InChI is InChI=1S/C14H19BrN2O2S/c1-4-8(2)12-14(19)17(9(3)13(18)16-12)7-11-10(15)5-6-20-11/h5-6,8-9,12H,4,7H2,1-3H3,(H,16,18). The molecule has 20 heavy (non-hydrogen) atoms. The molecule has 110 valence electrons. The third-order valence-corrected chi connectivity index (χ3v) is 5.82. The van der Waals surface area contributed by atoms with Crippen molar-refractivity contribution < 1.29 is 9.59 Å². The predicted octanol–water partition coefficient (Wildman–Crippen LogP) is 2.77. The molecule has 1 aliphatic rings. The average molecular weight is 359 g/mol. The largest absolute Gasteiger partial charge is 0.342 e. The van der Waals surface area contributed by atoms with Crippen LogP contribution in [-0.4, -0.2) is 28.8 Å². The van der Waals surface area contributed by atoms with Crippen molar-refractivity contribution in [2.45, 2.75) is 45.8 Å². The van der Waals surface area contributed by atoms with Gasteiger partial charge in [-0.2, -0.15) is 0 Å². The summed E-state index contributed by atoms with van der Waals surface area (Å²) in [4.78, 5) is 27.5. The zero-order chi connectivity index (χ0) is 14.9. The van der Waals surface area contributed by atoms with E-state index in [0.29, 0.717) is 6.54 Å². The SMILES string of the molecule is CCC(C)C1NC(=O)C(C)N(Cc2sccc2Br)C1=O. The van der Waals surface area contributed by atoms with Crippen LogP contribution in [0.25, 0.3) is 0 Å². The smallest absolute Gasteiger partial charge is 0.246 e. The minimum Gasteiger partial charge on any atom is -0.342 e. The Morgan fingerprint density at radius 3 is 2.75 bits per heavy atom. The lowest BCUT2D eigenvalue weighted by atomic mass is 9.94. The number of amides is 2. The molecule has 2 heterocycles. The van der Waals surface area contributed by atoms with Gasteiger partial charge in [0.25, 0.3) is 0 Å². The highest BCUT2D eigenvalue weighted by Crippen LogP contribution is 2.27. The van der Waals surface area contributed by atoms with Crippen LogP contribution in [-0.2, 0) is 16.1 Å². The van der Waals surface area contributed by atoms with Gasteiger partial charge >= 0.3 is 0 Å². The lowest BCUT2D eigenvalue weighted by molar-refractivity contribution is -0.150. The summed E-state index contributed by atoms with van der Waals surface area (Å²) in [6.07, 6.45) is 0.863. The molecule has 2 rings (SSSR count). The Kier molecular flexibility index (Phi) is 4.86. The Hall–Kier alpha value is -0.880. The van der Waals surface area contributed by atoms with Crippen LogP contribution in [0.3, 0.4) is 0 Å². The van der Waals surface area contributed by atoms with E-state index in [9.17, 15) is 9.59 Å². The van der Waals surface area contributed by atoms with Gasteiger partial charge in [-0.05, 0) is 40.2 Å². The summed E-state index contributed by atoms with van der Waals surface area (Å²) in [5.74, 6) is 0.0996. The van der Waals surface area contributed by atoms with Gasteiger partial charge < -0.3 is 10.2 Å². The molecule has 1 saturated heterocycles. The Labute approximate surface area is 131 Å². The maximum atomic E-state index is 12.6. The van der Waals surface area contributed by atoms with Crippen LogP contribution in [0.5, 0.6) is 0 Å². The summed E-state index contributed by atoms with van der Waals surface area (Å²) in [6.45, 7) is 6.29. The highest BCUT2D eigenvalue weighted by Gasteiger charge is 2.40. The molecule has 0 saturated carbocycles. The Bertz CT molecular complexity index is 517. The molecule has 4 nitrogen and oxygen atoms in total. The molecule has 6 heteroatoms. The van der Waals surface area contributed by atoms with Crippen molar-refractivity contribution in [3.63, 3.8) is 0 Å². The summed E-state index contributed by atoms with van der Waals surface area (Å²) in [7, 11) is 0. The van der Waals surface area contributed by atoms with Crippen molar-refractivity contribution in [1.29, 1.82) is 0 Å². The second-order valence-electron chi connectivity index (χ2n) is 5.21. The quantitative estimate of drug-likeness (QED) is 0.899. The number of halogens is 1. The number of nitrogens with zero attached hydrogens (tertiary/aromatic N) is 1. The highest BCUT2D eigenvalue weighted by atomic mass is 79.9. The van der Waals surface area contributed by atoms with Gasteiger partial charge in [-0.1, -0.05) is 20.3 Å². The van der Waals surface area contributed by atoms with Gasteiger partial charge in [-0.3, -0.25) is 9.59 Å². The van der Waals surface area contributed by atoms with Gasteiger partial charge in [0, 0.05) is 9.35 Å². The van der Waals surface area contributed by atoms with E-state index in [2.05, 4.69) is 21.2 Å². The van der Waals surface area contributed by atoms with E-state index in [1.165, 1.54) is 0 Å². The first-order valence-corrected chi connectivity index (χ1v) is 8.45. The molecule has 0 aliphatic carbocycles. The van der Waals surface area contributed by atoms with E-state index >= 15 is 0 Å². The third-order valence-electron chi connectivity index (χ3n) is 3.91. The van der Waals surface area contributed by atoms with Crippen LogP contribution >= 0.6 is 27.3 Å². The molecule has 1 aromatic rings. The van der Waals surface area contributed by atoms with E-state index in [1.54, 1.807) is 23.2 Å². The van der Waals surface area contributed by atoms with Crippen LogP contribution in [0.2, 0.25) is 0 Å². The van der Waals surface area contributed by atoms with Crippen molar-refractivity contribution in [2.24, 2.45) is 5.92 Å². The molecule has 1 aromatic heterocycles. The number of hydrogen-bond acceptors (Lipinski definition) is 3. The molecule has 1 fully saturated rings. The first-order valence-electron chi connectivity index (χ1n) is 6.78. The Morgan fingerprint density at radius 1 is 1.50 bits per heavy atom. The van der Waals surface area contributed by atoms with Crippen LogP contribution in [0.1, 0.15) is 32.1 Å². The van der Waals surface area contributed by atoms with E-state index in [0.717, 1.165) is 15.8 Å². The average Bonchev–Trinajstić information content (AvgIpc) is 2.83. The van der Waals surface area contributed by atoms with E-state index in [-0.39, 0.29) is 17.7 Å². The number of rotatable bonds is 4. The molecule has 3 unspecified atom stereocenters. The van der Waals surface area contributed by atoms with Crippen molar-refractivity contribution in [3.8, 4) is 0 Å². The van der Waals surface area contributed by atoms with Crippen LogP contribution in [0.15, 0.2) is 15.9 Å². The van der Waals surface area contributed by atoms with Crippen LogP contribution in [0.4, 0.5) is 0 Å². The first-order chi connectivity index (χ1) is 9.45. The third kappa shape index (κ3) is 2.91. The lowest BCUT2D eigenvalue weighted by Crippen LogP contribution is -2.63. The Morgan fingerprint density at radius 2 is 2.20 bits per heavy atom. The monoisotopic (exact) mass is 358 g/mol. The first kappa shape index (κ1) is 15.5. The summed E-state index contributed by atoms with van der Waals surface area (Å²) >= 11 is 5.07. The fraction of sp³-hybridized carbons (Fsp3) is 0.571. The maximum Gasteiger partial charge on any atom is 0.246 e. The zero-order valence-electron chi connectivity index (χ0n) is 11.9. The van der Waals surface area contributed by atoms with Gasteiger partial charge in [0.05, 0.1) is 6.54 Å². The highest BCUT2D eigenvalue weighted by molar-refractivity contribution is 9.10.